The average Bonchev–Trinajstić information content (AvgIpc) is 2.38. The number of hydrogen-bond donors (Lipinski definition) is 1. The van der Waals surface area contributed by atoms with Crippen LogP contribution in [0.4, 0.5) is 0 Å². The number of rotatable bonds is 5. The molecule has 0 aromatic heterocycles. The molecule has 0 bridgehead atoms. The van der Waals surface area contributed by atoms with Crippen LogP contribution >= 0.6 is 0 Å². The highest BCUT2D eigenvalue weighted by Gasteiger charge is 2.23. The van der Waals surface area contributed by atoms with Gasteiger partial charge in [-0.3, -0.25) is 0 Å². The van der Waals surface area contributed by atoms with Gasteiger partial charge in [-0.1, -0.05) is 6.92 Å². The van der Waals surface area contributed by atoms with Gasteiger partial charge >= 0.3 is 0 Å². The summed E-state index contributed by atoms with van der Waals surface area (Å²) in [6, 6.07) is 0.715. The van der Waals surface area contributed by atoms with Gasteiger partial charge in [0.15, 0.2) is 0 Å². The van der Waals surface area contributed by atoms with Gasteiger partial charge in [0.05, 0.1) is 25.4 Å². The second-order valence-corrected chi connectivity index (χ2v) is 5.62. The largest absolute Gasteiger partial charge is 0.375 e. The van der Waals surface area contributed by atoms with Crippen LogP contribution in [0.2, 0.25) is 0 Å². The molecule has 1 N–H and O–H groups in total. The standard InChI is InChI=1S/C14H28N2O2/c1-3-15-12-4-6-13(7-5-12)18-11-14-10-16(2)8-9-17-14/h12-15H,3-11H2,1-2H3. The second-order valence-electron chi connectivity index (χ2n) is 5.62. The molecule has 2 aliphatic rings. The number of likely N-dealkylation sites (N-methyl/N-ethyl adjacent to an activating group) is 1. The molecule has 0 amide bonds. The van der Waals surface area contributed by atoms with Crippen molar-refractivity contribution in [2.24, 2.45) is 0 Å². The minimum atomic E-state index is 0.273. The molecule has 2 fully saturated rings. The second kappa shape index (κ2) is 7.43. The van der Waals surface area contributed by atoms with Gasteiger partial charge in [0.1, 0.15) is 0 Å². The molecule has 18 heavy (non-hydrogen) atoms. The fourth-order valence-electron chi connectivity index (χ4n) is 2.93. The third-order valence-corrected chi connectivity index (χ3v) is 4.03. The van der Waals surface area contributed by atoms with E-state index in [1.807, 2.05) is 0 Å². The Bertz CT molecular complexity index is 230. The molecule has 1 unspecified atom stereocenters. The van der Waals surface area contributed by atoms with E-state index in [0.29, 0.717) is 12.1 Å². The molecule has 1 heterocycles. The summed E-state index contributed by atoms with van der Waals surface area (Å²) in [5.41, 5.74) is 0. The predicted octanol–water partition coefficient (Wildman–Crippen LogP) is 1.25. The van der Waals surface area contributed by atoms with Gasteiger partial charge in [0.2, 0.25) is 0 Å². The zero-order valence-electron chi connectivity index (χ0n) is 11.9. The Morgan fingerprint density at radius 3 is 2.72 bits per heavy atom. The maximum Gasteiger partial charge on any atom is 0.0935 e. The van der Waals surface area contributed by atoms with Gasteiger partial charge in [-0.25, -0.2) is 0 Å². The molecule has 1 atom stereocenters. The first-order chi connectivity index (χ1) is 8.78. The molecule has 1 aliphatic carbocycles. The van der Waals surface area contributed by atoms with E-state index in [9.17, 15) is 0 Å². The molecule has 4 heteroatoms. The van der Waals surface area contributed by atoms with Gasteiger partial charge < -0.3 is 19.7 Å². The minimum absolute atomic E-state index is 0.273. The first kappa shape index (κ1) is 14.3. The van der Waals surface area contributed by atoms with Crippen LogP contribution in [0, 0.1) is 0 Å². The molecule has 0 aromatic rings. The molecule has 4 nitrogen and oxygen atoms in total. The summed E-state index contributed by atoms with van der Waals surface area (Å²) in [5, 5.41) is 3.53. The number of nitrogens with one attached hydrogen (secondary N) is 1. The van der Waals surface area contributed by atoms with Crippen LogP contribution in [0.25, 0.3) is 0 Å². The van der Waals surface area contributed by atoms with E-state index in [2.05, 4.69) is 24.2 Å². The van der Waals surface area contributed by atoms with E-state index in [1.54, 1.807) is 0 Å². The van der Waals surface area contributed by atoms with Gasteiger partial charge in [0.25, 0.3) is 0 Å². The SMILES string of the molecule is CCNC1CCC(OCC2CN(C)CCO2)CC1. The Hall–Kier alpha value is -0.160. The summed E-state index contributed by atoms with van der Waals surface area (Å²) in [7, 11) is 2.15. The topological polar surface area (TPSA) is 33.7 Å². The first-order valence-corrected chi connectivity index (χ1v) is 7.43. The first-order valence-electron chi connectivity index (χ1n) is 7.43. The number of ether oxygens (including phenoxy) is 2. The lowest BCUT2D eigenvalue weighted by Gasteiger charge is -2.33. The van der Waals surface area contributed by atoms with Crippen molar-refractivity contribution >= 4 is 0 Å². The summed E-state index contributed by atoms with van der Waals surface area (Å²) >= 11 is 0. The quantitative estimate of drug-likeness (QED) is 0.803. The highest BCUT2D eigenvalue weighted by Crippen LogP contribution is 2.21. The Kier molecular flexibility index (Phi) is 5.89. The van der Waals surface area contributed by atoms with Crippen molar-refractivity contribution in [2.75, 3.05) is 39.9 Å². The summed E-state index contributed by atoms with van der Waals surface area (Å²) in [5.74, 6) is 0. The third kappa shape index (κ3) is 4.50. The summed E-state index contributed by atoms with van der Waals surface area (Å²) in [6.07, 6.45) is 5.62. The number of nitrogens with zero attached hydrogens (tertiary/aromatic N) is 1. The fraction of sp³-hybridized carbons (Fsp3) is 1.00. The van der Waals surface area contributed by atoms with Crippen LogP contribution < -0.4 is 5.32 Å². The Labute approximate surface area is 111 Å². The molecule has 106 valence electrons. The summed E-state index contributed by atoms with van der Waals surface area (Å²) in [6.45, 7) is 6.92. The molecule has 1 saturated carbocycles. The van der Waals surface area contributed by atoms with Crippen LogP contribution in [0.15, 0.2) is 0 Å². The van der Waals surface area contributed by atoms with E-state index in [-0.39, 0.29) is 6.10 Å². The molecule has 0 radical (unpaired) electrons. The molecule has 1 saturated heterocycles. The predicted molar refractivity (Wildman–Crippen MR) is 72.9 cm³/mol. The normalized spacial score (nSPS) is 34.7. The van der Waals surface area contributed by atoms with Crippen LogP contribution in [0.5, 0.6) is 0 Å². The zero-order chi connectivity index (χ0) is 12.8. The van der Waals surface area contributed by atoms with Crippen LogP contribution in [0.3, 0.4) is 0 Å². The maximum atomic E-state index is 6.02. The van der Waals surface area contributed by atoms with Crippen LogP contribution in [-0.2, 0) is 9.47 Å². The van der Waals surface area contributed by atoms with E-state index in [4.69, 9.17) is 9.47 Å². The van der Waals surface area contributed by atoms with Crippen molar-refractivity contribution in [2.45, 2.75) is 50.9 Å². The molecule has 0 aromatic carbocycles. The lowest BCUT2D eigenvalue weighted by molar-refractivity contribution is -0.0866. The van der Waals surface area contributed by atoms with Gasteiger partial charge in [-0.2, -0.15) is 0 Å². The Morgan fingerprint density at radius 2 is 2.06 bits per heavy atom. The lowest BCUT2D eigenvalue weighted by Crippen LogP contribution is -2.43. The molecular weight excluding hydrogens is 228 g/mol. The monoisotopic (exact) mass is 256 g/mol. The number of morpholine rings is 1. The van der Waals surface area contributed by atoms with Crippen molar-refractivity contribution in [1.29, 1.82) is 0 Å². The smallest absolute Gasteiger partial charge is 0.0935 e. The molecular formula is C14H28N2O2. The average molecular weight is 256 g/mol. The summed E-state index contributed by atoms with van der Waals surface area (Å²) in [4.78, 5) is 2.32. The fourth-order valence-corrected chi connectivity index (χ4v) is 2.93. The minimum Gasteiger partial charge on any atom is -0.375 e. The van der Waals surface area contributed by atoms with E-state index < -0.39 is 0 Å². The Morgan fingerprint density at radius 1 is 1.28 bits per heavy atom. The summed E-state index contributed by atoms with van der Waals surface area (Å²) < 4.78 is 11.7. The highest BCUT2D eigenvalue weighted by atomic mass is 16.5. The molecule has 2 rings (SSSR count). The van der Waals surface area contributed by atoms with E-state index in [1.165, 1.54) is 25.7 Å². The lowest BCUT2D eigenvalue weighted by atomic mass is 9.93. The zero-order valence-corrected chi connectivity index (χ0v) is 11.9. The van der Waals surface area contributed by atoms with Crippen LogP contribution in [-0.4, -0.2) is 63.0 Å². The highest BCUT2D eigenvalue weighted by molar-refractivity contribution is 4.78. The van der Waals surface area contributed by atoms with Gasteiger partial charge in [-0.15, -0.1) is 0 Å². The Balaban J connectivity index is 1.60. The van der Waals surface area contributed by atoms with E-state index in [0.717, 1.165) is 32.8 Å². The van der Waals surface area contributed by atoms with Crippen molar-refractivity contribution < 1.29 is 9.47 Å². The van der Waals surface area contributed by atoms with Crippen molar-refractivity contribution in [3.05, 3.63) is 0 Å². The van der Waals surface area contributed by atoms with Gasteiger partial charge in [-0.05, 0) is 39.3 Å². The molecule has 0 spiro atoms. The number of hydrogen-bond acceptors (Lipinski definition) is 4. The van der Waals surface area contributed by atoms with Crippen LogP contribution in [0.1, 0.15) is 32.6 Å². The molecule has 1 aliphatic heterocycles. The van der Waals surface area contributed by atoms with E-state index >= 15 is 0 Å². The third-order valence-electron chi connectivity index (χ3n) is 4.03. The van der Waals surface area contributed by atoms with Crippen molar-refractivity contribution in [3.8, 4) is 0 Å². The van der Waals surface area contributed by atoms with Crippen molar-refractivity contribution in [3.63, 3.8) is 0 Å². The van der Waals surface area contributed by atoms with Gasteiger partial charge in [0, 0.05) is 19.1 Å². The van der Waals surface area contributed by atoms with Crippen molar-refractivity contribution in [1.82, 2.24) is 10.2 Å². The maximum absolute atomic E-state index is 6.02.